The number of benzene rings is 1. The molecule has 210 valence electrons. The van der Waals surface area contributed by atoms with Crippen molar-refractivity contribution in [1.82, 2.24) is 9.80 Å². The Balaban J connectivity index is 1.59. The topological polar surface area (TPSA) is 99.2 Å². The lowest BCUT2D eigenvalue weighted by Crippen LogP contribution is -2.48. The molecule has 0 spiro atoms. The second kappa shape index (κ2) is 12.8. The van der Waals surface area contributed by atoms with Crippen LogP contribution in [0, 0.1) is 11.8 Å². The summed E-state index contributed by atoms with van der Waals surface area (Å²) in [6.45, 7) is 6.05. The number of rotatable bonds is 9. The number of hydrogen-bond acceptors (Lipinski definition) is 7. The zero-order valence-corrected chi connectivity index (χ0v) is 24.3. The van der Waals surface area contributed by atoms with Gasteiger partial charge in [0.15, 0.2) is 0 Å². The minimum atomic E-state index is -3.72. The van der Waals surface area contributed by atoms with Gasteiger partial charge in [-0.3, -0.25) is 9.52 Å². The summed E-state index contributed by atoms with van der Waals surface area (Å²) in [5, 5.41) is 11.6. The average molecular weight is 564 g/mol. The summed E-state index contributed by atoms with van der Waals surface area (Å²) in [4.78, 5) is 17.5. The van der Waals surface area contributed by atoms with E-state index in [2.05, 4.69) is 23.6 Å². The standard InChI is InChI=1S/C28H41N3O5S2/c1-20-16-31(21(2)19-32)27(33)15-23-14-24(29-38(34,35)28-10-7-13-37-28)11-12-25(23)36-26(20)18-30(3)17-22-8-5-4-6-9-22/h7,10-14,20-22,26,29,32H,4-6,8-9,15-19H2,1-3H3/t20-,21+,26-/m1/s1. The molecule has 2 heterocycles. The molecule has 1 amide bonds. The van der Waals surface area contributed by atoms with Crippen molar-refractivity contribution in [2.75, 3.05) is 38.0 Å². The molecule has 10 heteroatoms. The van der Waals surface area contributed by atoms with E-state index in [0.717, 1.165) is 24.4 Å². The fraction of sp³-hybridized carbons (Fsp3) is 0.607. The van der Waals surface area contributed by atoms with Crippen LogP contribution >= 0.6 is 11.3 Å². The Hall–Kier alpha value is -2.14. The minimum absolute atomic E-state index is 0.0321. The summed E-state index contributed by atoms with van der Waals surface area (Å²) < 4.78 is 35.0. The number of fused-ring (bicyclic) bond motifs is 1. The fourth-order valence-corrected chi connectivity index (χ4v) is 7.57. The van der Waals surface area contributed by atoms with Crippen LogP contribution in [-0.2, 0) is 21.2 Å². The Morgan fingerprint density at radius 3 is 2.66 bits per heavy atom. The number of aliphatic hydroxyl groups excluding tert-OH is 1. The number of likely N-dealkylation sites (N-methyl/N-ethyl adjacent to an activating group) is 1. The Bertz CT molecular complexity index is 1170. The quantitative estimate of drug-likeness (QED) is 0.474. The molecule has 2 N–H and O–H groups in total. The van der Waals surface area contributed by atoms with Crippen molar-refractivity contribution in [2.45, 2.75) is 68.7 Å². The van der Waals surface area contributed by atoms with Gasteiger partial charge in [0.25, 0.3) is 10.0 Å². The molecule has 1 aromatic carbocycles. The molecule has 0 saturated heterocycles. The van der Waals surface area contributed by atoms with E-state index in [1.54, 1.807) is 40.6 Å². The largest absolute Gasteiger partial charge is 0.488 e. The van der Waals surface area contributed by atoms with Gasteiger partial charge < -0.3 is 19.6 Å². The van der Waals surface area contributed by atoms with Gasteiger partial charge in [-0.1, -0.05) is 32.3 Å². The first-order chi connectivity index (χ1) is 18.2. The first-order valence-electron chi connectivity index (χ1n) is 13.6. The van der Waals surface area contributed by atoms with Crippen LogP contribution in [0.2, 0.25) is 0 Å². The Labute approximate surface area is 231 Å². The molecule has 1 saturated carbocycles. The second-order valence-corrected chi connectivity index (χ2v) is 13.8. The smallest absolute Gasteiger partial charge is 0.271 e. The van der Waals surface area contributed by atoms with E-state index in [0.29, 0.717) is 29.5 Å². The molecular weight excluding hydrogens is 522 g/mol. The van der Waals surface area contributed by atoms with E-state index in [1.165, 1.54) is 32.1 Å². The molecule has 2 aromatic rings. The van der Waals surface area contributed by atoms with E-state index in [9.17, 15) is 18.3 Å². The number of ether oxygens (including phenoxy) is 1. The van der Waals surface area contributed by atoms with Crippen LogP contribution in [0.25, 0.3) is 0 Å². The first-order valence-corrected chi connectivity index (χ1v) is 16.0. The Kier molecular flexibility index (Phi) is 9.73. The van der Waals surface area contributed by atoms with Gasteiger partial charge in [-0.25, -0.2) is 8.42 Å². The molecule has 0 bridgehead atoms. The van der Waals surface area contributed by atoms with Gasteiger partial charge in [-0.2, -0.15) is 0 Å². The predicted octanol–water partition coefficient (Wildman–Crippen LogP) is 4.21. The van der Waals surface area contributed by atoms with Crippen molar-refractivity contribution >= 4 is 33.0 Å². The summed E-state index contributed by atoms with van der Waals surface area (Å²) in [5.41, 5.74) is 1.01. The van der Waals surface area contributed by atoms with E-state index in [1.807, 2.05) is 6.92 Å². The summed E-state index contributed by atoms with van der Waals surface area (Å²) in [7, 11) is -1.58. The van der Waals surface area contributed by atoms with Gasteiger partial charge in [0.1, 0.15) is 16.1 Å². The highest BCUT2D eigenvalue weighted by Gasteiger charge is 2.31. The normalized spacial score (nSPS) is 22.2. The van der Waals surface area contributed by atoms with Crippen molar-refractivity contribution in [1.29, 1.82) is 0 Å². The summed E-state index contributed by atoms with van der Waals surface area (Å²) in [6.07, 6.45) is 6.37. The molecule has 1 fully saturated rings. The monoisotopic (exact) mass is 563 g/mol. The summed E-state index contributed by atoms with van der Waals surface area (Å²) >= 11 is 1.15. The number of nitrogens with zero attached hydrogens (tertiary/aromatic N) is 2. The number of amides is 1. The van der Waals surface area contributed by atoms with Crippen LogP contribution in [0.4, 0.5) is 5.69 Å². The van der Waals surface area contributed by atoms with Gasteiger partial charge in [-0.15, -0.1) is 11.3 Å². The summed E-state index contributed by atoms with van der Waals surface area (Å²) in [6, 6.07) is 8.07. The van der Waals surface area contributed by atoms with Crippen molar-refractivity contribution in [2.24, 2.45) is 11.8 Å². The number of anilines is 1. The number of aliphatic hydroxyl groups is 1. The third-order valence-corrected chi connectivity index (χ3v) is 10.5. The molecule has 8 nitrogen and oxygen atoms in total. The number of nitrogens with one attached hydrogen (secondary N) is 1. The number of sulfonamides is 1. The minimum Gasteiger partial charge on any atom is -0.488 e. The van der Waals surface area contributed by atoms with Gasteiger partial charge in [0.05, 0.1) is 19.1 Å². The third kappa shape index (κ3) is 7.28. The summed E-state index contributed by atoms with van der Waals surface area (Å²) in [5.74, 6) is 1.22. The number of carbonyl (C=O) groups is 1. The zero-order chi connectivity index (χ0) is 27.3. The molecule has 3 atom stereocenters. The van der Waals surface area contributed by atoms with Crippen molar-refractivity contribution < 1.29 is 23.1 Å². The molecular formula is C28H41N3O5S2. The number of hydrogen-bond donors (Lipinski definition) is 2. The predicted molar refractivity (Wildman–Crippen MR) is 151 cm³/mol. The molecule has 38 heavy (non-hydrogen) atoms. The van der Waals surface area contributed by atoms with Crippen molar-refractivity contribution in [3.63, 3.8) is 0 Å². The third-order valence-electron chi connectivity index (χ3n) is 7.71. The maximum atomic E-state index is 13.4. The SMILES string of the molecule is C[C@@H]1CN([C@@H](C)CO)C(=O)Cc2cc(NS(=O)(=O)c3cccs3)ccc2O[C@@H]1CN(C)CC1CCCCC1. The fourth-order valence-electron chi connectivity index (χ4n) is 5.52. The molecule has 0 radical (unpaired) electrons. The van der Waals surface area contributed by atoms with E-state index in [4.69, 9.17) is 4.74 Å². The van der Waals surface area contributed by atoms with Crippen LogP contribution in [-0.4, -0.2) is 74.7 Å². The molecule has 4 rings (SSSR count). The molecule has 0 unspecified atom stereocenters. The molecule has 1 aliphatic carbocycles. The lowest BCUT2D eigenvalue weighted by atomic mass is 9.89. The van der Waals surface area contributed by atoms with Gasteiger partial charge in [0.2, 0.25) is 5.91 Å². The highest BCUT2D eigenvalue weighted by molar-refractivity contribution is 7.94. The van der Waals surface area contributed by atoms with Crippen LogP contribution in [0.3, 0.4) is 0 Å². The van der Waals surface area contributed by atoms with E-state index < -0.39 is 10.0 Å². The highest BCUT2D eigenvalue weighted by Crippen LogP contribution is 2.31. The Morgan fingerprint density at radius 2 is 1.97 bits per heavy atom. The molecule has 1 aromatic heterocycles. The van der Waals surface area contributed by atoms with Crippen molar-refractivity contribution in [3.8, 4) is 5.75 Å². The first kappa shape index (κ1) is 28.9. The van der Waals surface area contributed by atoms with E-state index >= 15 is 0 Å². The van der Waals surface area contributed by atoms with Gasteiger partial charge in [-0.05, 0) is 62.4 Å². The van der Waals surface area contributed by atoms with Gasteiger partial charge >= 0.3 is 0 Å². The van der Waals surface area contributed by atoms with Crippen molar-refractivity contribution in [3.05, 3.63) is 41.3 Å². The van der Waals surface area contributed by atoms with Crippen LogP contribution in [0.5, 0.6) is 5.75 Å². The Morgan fingerprint density at radius 1 is 1.21 bits per heavy atom. The average Bonchev–Trinajstić information content (AvgIpc) is 3.44. The van der Waals surface area contributed by atoms with Crippen LogP contribution in [0.1, 0.15) is 51.5 Å². The zero-order valence-electron chi connectivity index (χ0n) is 22.6. The highest BCUT2D eigenvalue weighted by atomic mass is 32.2. The molecule has 2 aliphatic rings. The van der Waals surface area contributed by atoms with Crippen LogP contribution < -0.4 is 9.46 Å². The maximum Gasteiger partial charge on any atom is 0.271 e. The van der Waals surface area contributed by atoms with Gasteiger partial charge in [0, 0.05) is 36.8 Å². The maximum absolute atomic E-state index is 13.4. The number of carbonyl (C=O) groups excluding carboxylic acids is 1. The second-order valence-electron chi connectivity index (χ2n) is 11.0. The van der Waals surface area contributed by atoms with E-state index in [-0.39, 0.29) is 41.2 Å². The lowest BCUT2D eigenvalue weighted by Gasteiger charge is -2.35. The lowest BCUT2D eigenvalue weighted by molar-refractivity contribution is -0.134. The molecule has 1 aliphatic heterocycles. The number of thiophene rings is 1. The van der Waals surface area contributed by atoms with Crippen LogP contribution in [0.15, 0.2) is 39.9 Å².